The largest absolute Gasteiger partial charge is 0.486 e. The van der Waals surface area contributed by atoms with Crippen molar-refractivity contribution in [3.63, 3.8) is 0 Å². The Balaban J connectivity index is 1.28. The van der Waals surface area contributed by atoms with Crippen LogP contribution in [-0.2, 0) is 16.3 Å². The fourth-order valence-electron chi connectivity index (χ4n) is 5.62. The standard InChI is InChI=1S/C28H31N3O4S/c32-36(33,22-8-2-1-3-9-22)28(24-14-13-21-7-4-5-10-23(21)29-24)31-17-15-30(16-18-31)25-11-6-12-26-27(25)35-20-19-34-26/h1-12,24,28-29H,13-20H2. The van der Waals surface area contributed by atoms with Crippen molar-refractivity contribution in [2.24, 2.45) is 0 Å². The second-order valence-electron chi connectivity index (χ2n) is 9.52. The van der Waals surface area contributed by atoms with E-state index in [1.165, 1.54) is 5.56 Å². The molecular formula is C28H31N3O4S. The molecule has 3 aromatic rings. The van der Waals surface area contributed by atoms with E-state index >= 15 is 0 Å². The molecule has 2 atom stereocenters. The van der Waals surface area contributed by atoms with Gasteiger partial charge in [-0.25, -0.2) is 8.42 Å². The quantitative estimate of drug-likeness (QED) is 0.566. The lowest BCUT2D eigenvalue weighted by atomic mass is 9.97. The number of benzene rings is 3. The molecule has 0 amide bonds. The summed E-state index contributed by atoms with van der Waals surface area (Å²) in [6.07, 6.45) is 1.63. The zero-order valence-corrected chi connectivity index (χ0v) is 21.0. The molecule has 0 aliphatic carbocycles. The number of anilines is 2. The van der Waals surface area contributed by atoms with Crippen molar-refractivity contribution >= 4 is 21.2 Å². The van der Waals surface area contributed by atoms with Crippen LogP contribution in [0.5, 0.6) is 11.5 Å². The molecule has 36 heavy (non-hydrogen) atoms. The predicted molar refractivity (Wildman–Crippen MR) is 141 cm³/mol. The van der Waals surface area contributed by atoms with E-state index in [-0.39, 0.29) is 6.04 Å². The lowest BCUT2D eigenvalue weighted by Gasteiger charge is -2.44. The van der Waals surface area contributed by atoms with Crippen LogP contribution in [-0.4, -0.2) is 64.1 Å². The van der Waals surface area contributed by atoms with Gasteiger partial charge in [-0.1, -0.05) is 42.5 Å². The molecule has 0 aromatic heterocycles. The molecule has 7 nitrogen and oxygen atoms in total. The van der Waals surface area contributed by atoms with Crippen LogP contribution < -0.4 is 19.7 Å². The molecule has 3 heterocycles. The van der Waals surface area contributed by atoms with Crippen LogP contribution in [0.4, 0.5) is 11.4 Å². The molecule has 3 aromatic carbocycles. The summed E-state index contributed by atoms with van der Waals surface area (Å²) in [5.41, 5.74) is 3.29. The normalized spacial score (nSPS) is 20.8. The summed E-state index contributed by atoms with van der Waals surface area (Å²) in [5, 5.41) is 2.93. The van der Waals surface area contributed by atoms with E-state index in [4.69, 9.17) is 9.47 Å². The zero-order chi connectivity index (χ0) is 24.5. The summed E-state index contributed by atoms with van der Waals surface area (Å²) >= 11 is 0. The van der Waals surface area contributed by atoms with E-state index in [0.29, 0.717) is 44.3 Å². The van der Waals surface area contributed by atoms with Gasteiger partial charge in [0.15, 0.2) is 21.3 Å². The molecule has 1 N–H and O–H groups in total. The van der Waals surface area contributed by atoms with Gasteiger partial charge in [-0.05, 0) is 48.7 Å². The van der Waals surface area contributed by atoms with E-state index in [1.807, 2.05) is 36.4 Å². The van der Waals surface area contributed by atoms with E-state index in [9.17, 15) is 8.42 Å². The Kier molecular flexibility index (Phi) is 6.23. The van der Waals surface area contributed by atoms with E-state index in [1.54, 1.807) is 24.3 Å². The molecule has 188 valence electrons. The third-order valence-corrected chi connectivity index (χ3v) is 9.57. The molecule has 2 unspecified atom stereocenters. The second-order valence-corrected chi connectivity index (χ2v) is 11.6. The highest BCUT2D eigenvalue weighted by Gasteiger charge is 2.42. The average molecular weight is 506 g/mol. The van der Waals surface area contributed by atoms with Gasteiger partial charge >= 0.3 is 0 Å². The third-order valence-electron chi connectivity index (χ3n) is 7.38. The molecular weight excluding hydrogens is 474 g/mol. The van der Waals surface area contributed by atoms with E-state index in [0.717, 1.165) is 35.7 Å². The van der Waals surface area contributed by atoms with Gasteiger partial charge in [0.1, 0.15) is 18.6 Å². The molecule has 0 spiro atoms. The Bertz CT molecular complexity index is 1320. The number of piperazine rings is 1. The molecule has 6 rings (SSSR count). The highest BCUT2D eigenvalue weighted by Crippen LogP contribution is 2.40. The number of fused-ring (bicyclic) bond motifs is 2. The maximum atomic E-state index is 14.1. The summed E-state index contributed by atoms with van der Waals surface area (Å²) < 4.78 is 39.8. The van der Waals surface area contributed by atoms with Crippen molar-refractivity contribution in [3.8, 4) is 11.5 Å². The number of nitrogens with zero attached hydrogens (tertiary/aromatic N) is 2. The Hall–Kier alpha value is -3.23. The Labute approximate surface area is 212 Å². The molecule has 0 saturated carbocycles. The fourth-order valence-corrected chi connectivity index (χ4v) is 7.67. The van der Waals surface area contributed by atoms with Crippen LogP contribution in [0.1, 0.15) is 12.0 Å². The van der Waals surface area contributed by atoms with Crippen LogP contribution in [0.2, 0.25) is 0 Å². The predicted octanol–water partition coefficient (Wildman–Crippen LogP) is 3.81. The van der Waals surface area contributed by atoms with Crippen LogP contribution in [0.25, 0.3) is 0 Å². The third kappa shape index (κ3) is 4.29. The summed E-state index contributed by atoms with van der Waals surface area (Å²) in [5.74, 6) is 1.56. The second kappa shape index (κ2) is 9.67. The number of hydrogen-bond acceptors (Lipinski definition) is 7. The fraction of sp³-hybridized carbons (Fsp3) is 0.357. The smallest absolute Gasteiger partial charge is 0.196 e. The first-order valence-corrected chi connectivity index (χ1v) is 14.2. The van der Waals surface area contributed by atoms with Crippen LogP contribution in [0, 0.1) is 0 Å². The number of sulfone groups is 1. The SMILES string of the molecule is O=S(=O)(c1ccccc1)C(C1CCc2ccccc2N1)N1CCN(c2cccc3c2OCCO3)CC1. The molecule has 8 heteroatoms. The summed E-state index contributed by atoms with van der Waals surface area (Å²) in [7, 11) is -3.60. The molecule has 3 aliphatic heterocycles. The highest BCUT2D eigenvalue weighted by atomic mass is 32.2. The lowest BCUT2D eigenvalue weighted by Crippen LogP contribution is -2.58. The molecule has 1 saturated heterocycles. The Morgan fingerprint density at radius 1 is 0.833 bits per heavy atom. The van der Waals surface area contributed by atoms with E-state index in [2.05, 4.69) is 27.2 Å². The summed E-state index contributed by atoms with van der Waals surface area (Å²) in [4.78, 5) is 4.80. The van der Waals surface area contributed by atoms with Crippen molar-refractivity contribution in [3.05, 3.63) is 78.4 Å². The number of nitrogens with one attached hydrogen (secondary N) is 1. The molecule has 0 bridgehead atoms. The first-order valence-electron chi connectivity index (χ1n) is 12.6. The highest BCUT2D eigenvalue weighted by molar-refractivity contribution is 7.92. The number of ether oxygens (including phenoxy) is 2. The number of aryl methyl sites for hydroxylation is 1. The topological polar surface area (TPSA) is 71.1 Å². The van der Waals surface area contributed by atoms with Gasteiger partial charge in [-0.3, -0.25) is 4.90 Å². The number of para-hydroxylation sites is 2. The van der Waals surface area contributed by atoms with E-state index < -0.39 is 15.2 Å². The Morgan fingerprint density at radius 3 is 2.42 bits per heavy atom. The van der Waals surface area contributed by atoms with Crippen molar-refractivity contribution in [2.45, 2.75) is 29.2 Å². The molecule has 1 fully saturated rings. The first-order chi connectivity index (χ1) is 17.6. The first kappa shape index (κ1) is 23.2. The monoisotopic (exact) mass is 505 g/mol. The van der Waals surface area contributed by atoms with Gasteiger partial charge in [0.05, 0.1) is 16.6 Å². The van der Waals surface area contributed by atoms with Crippen molar-refractivity contribution in [1.29, 1.82) is 0 Å². The molecule has 0 radical (unpaired) electrons. The van der Waals surface area contributed by atoms with Gasteiger partial charge in [0.25, 0.3) is 0 Å². The van der Waals surface area contributed by atoms with Gasteiger partial charge < -0.3 is 19.7 Å². The zero-order valence-electron chi connectivity index (χ0n) is 20.2. The number of hydrogen-bond donors (Lipinski definition) is 1. The summed E-state index contributed by atoms with van der Waals surface area (Å²) in [6, 6.07) is 22.9. The minimum Gasteiger partial charge on any atom is -0.486 e. The Morgan fingerprint density at radius 2 is 1.58 bits per heavy atom. The minimum atomic E-state index is -3.60. The van der Waals surface area contributed by atoms with Gasteiger partial charge in [-0.15, -0.1) is 0 Å². The maximum Gasteiger partial charge on any atom is 0.196 e. The van der Waals surface area contributed by atoms with Crippen molar-refractivity contribution in [1.82, 2.24) is 4.90 Å². The van der Waals surface area contributed by atoms with Crippen LogP contribution in [0.15, 0.2) is 77.7 Å². The van der Waals surface area contributed by atoms with Crippen molar-refractivity contribution in [2.75, 3.05) is 49.6 Å². The number of rotatable bonds is 5. The van der Waals surface area contributed by atoms with Crippen molar-refractivity contribution < 1.29 is 17.9 Å². The summed E-state index contributed by atoms with van der Waals surface area (Å²) in [6.45, 7) is 3.80. The van der Waals surface area contributed by atoms with Gasteiger partial charge in [-0.2, -0.15) is 0 Å². The minimum absolute atomic E-state index is 0.196. The lowest BCUT2D eigenvalue weighted by molar-refractivity contribution is 0.170. The van der Waals surface area contributed by atoms with Crippen LogP contribution >= 0.6 is 0 Å². The molecule has 3 aliphatic rings. The van der Waals surface area contributed by atoms with Crippen LogP contribution in [0.3, 0.4) is 0 Å². The maximum absolute atomic E-state index is 14.1. The average Bonchev–Trinajstić information content (AvgIpc) is 2.93. The van der Waals surface area contributed by atoms with Gasteiger partial charge in [0, 0.05) is 31.9 Å². The van der Waals surface area contributed by atoms with Gasteiger partial charge in [0.2, 0.25) is 0 Å².